The van der Waals surface area contributed by atoms with Crippen molar-refractivity contribution in [1.82, 2.24) is 9.55 Å². The molecule has 8 aromatic carbocycles. The lowest BCUT2D eigenvalue weighted by Gasteiger charge is -2.28. The van der Waals surface area contributed by atoms with Crippen LogP contribution in [0.2, 0.25) is 0 Å². The van der Waals surface area contributed by atoms with E-state index in [0.717, 1.165) is 44.5 Å². The zero-order valence-electron chi connectivity index (χ0n) is 50.2. The third-order valence-electron chi connectivity index (χ3n) is 13.0. The summed E-state index contributed by atoms with van der Waals surface area (Å²) in [6.45, 7) is 15.2. The smallest absolute Gasteiger partial charge is 0.141 e. The van der Waals surface area contributed by atoms with E-state index < -0.39 is 60.4 Å². The molecule has 3 heterocycles. The van der Waals surface area contributed by atoms with Gasteiger partial charge in [-0.15, -0.1) is 0 Å². The van der Waals surface area contributed by atoms with Gasteiger partial charge in [0.2, 0.25) is 0 Å². The largest absolute Gasteiger partial charge is 0.457 e. The molecule has 0 bridgehead atoms. The van der Waals surface area contributed by atoms with Gasteiger partial charge in [0, 0.05) is 52.0 Å². The summed E-state index contributed by atoms with van der Waals surface area (Å²) in [5.74, 6) is 3.90. The Balaban J connectivity index is 1.03. The fourth-order valence-electron chi connectivity index (χ4n) is 9.35. The minimum Gasteiger partial charge on any atom is -0.457 e. The Bertz CT molecular complexity index is 3980. The Morgan fingerprint density at radius 3 is 1.76 bits per heavy atom. The van der Waals surface area contributed by atoms with Crippen LogP contribution in [-0.4, -0.2) is 16.2 Å². The summed E-state index contributed by atoms with van der Waals surface area (Å²) in [5.41, 5.74) is 7.57. The maximum Gasteiger partial charge on any atom is 0.141 e. The van der Waals surface area contributed by atoms with Crippen molar-refractivity contribution in [2.45, 2.75) is 65.7 Å². The van der Waals surface area contributed by atoms with Crippen molar-refractivity contribution in [3.8, 4) is 51.1 Å². The van der Waals surface area contributed by atoms with Gasteiger partial charge in [0.15, 0.2) is 0 Å². The van der Waals surface area contributed by atoms with Crippen molar-refractivity contribution in [3.05, 3.63) is 217 Å². The molecular weight excluding hydrogens is 857 g/mol. The van der Waals surface area contributed by atoms with Crippen LogP contribution in [0, 0.1) is 0 Å². The quantitative estimate of drug-likeness (QED) is 0.129. The van der Waals surface area contributed by atoms with Crippen LogP contribution in [0.1, 0.15) is 90.7 Å². The van der Waals surface area contributed by atoms with Crippen molar-refractivity contribution in [2.24, 2.45) is 0 Å². The van der Waals surface area contributed by atoms with E-state index in [2.05, 4.69) is 100 Å². The second-order valence-corrected chi connectivity index (χ2v) is 19.4. The molecule has 2 aromatic heterocycles. The van der Waals surface area contributed by atoms with Crippen LogP contribution in [0.4, 0.5) is 22.7 Å². The number of hydrogen-bond donors (Lipinski definition) is 0. The van der Waals surface area contributed by atoms with Gasteiger partial charge in [-0.3, -0.25) is 4.57 Å². The third-order valence-corrected chi connectivity index (χ3v) is 13.0. The summed E-state index contributed by atoms with van der Waals surface area (Å²) >= 11 is 0. The Labute approximate surface area is 426 Å². The SMILES string of the molecule is [2H]c1c([2H])c([2H])c(-c2cccc(-c3c([2H])c([2H])c([2H])c([2H])c3[2H])c2N2CN(c3cc(Oc4ccc5c6ccccc6n(-c6cc(Oc7cc(C(C)C)cc(C(C)C)c7)ccn6)c5c4)cc(C(C)(C)C)c3)c3ccccc32)c([2H])c1[2H]. The highest BCUT2D eigenvalue weighted by atomic mass is 16.5. The van der Waals surface area contributed by atoms with Crippen LogP contribution in [0.15, 0.2) is 200 Å². The number of para-hydroxylation sites is 4. The van der Waals surface area contributed by atoms with E-state index >= 15 is 0 Å². The van der Waals surface area contributed by atoms with Gasteiger partial charge in [0.25, 0.3) is 0 Å². The molecule has 0 atom stereocenters. The molecule has 346 valence electrons. The fourth-order valence-corrected chi connectivity index (χ4v) is 9.35. The highest BCUT2D eigenvalue weighted by molar-refractivity contribution is 6.09. The summed E-state index contributed by atoms with van der Waals surface area (Å²) in [4.78, 5) is 8.91. The summed E-state index contributed by atoms with van der Waals surface area (Å²) in [7, 11) is 0. The van der Waals surface area contributed by atoms with Crippen molar-refractivity contribution >= 4 is 44.6 Å². The Hall–Kier alpha value is -8.09. The van der Waals surface area contributed by atoms with E-state index in [1.165, 1.54) is 11.1 Å². The van der Waals surface area contributed by atoms with Gasteiger partial charge in [-0.1, -0.05) is 163 Å². The minimum absolute atomic E-state index is 0.0948. The van der Waals surface area contributed by atoms with E-state index in [1.807, 2.05) is 77.7 Å². The second kappa shape index (κ2) is 18.1. The van der Waals surface area contributed by atoms with E-state index in [4.69, 9.17) is 28.2 Å². The first-order chi connectivity index (χ1) is 38.1. The highest BCUT2D eigenvalue weighted by Gasteiger charge is 2.32. The monoisotopic (exact) mass is 925 g/mol. The fraction of sp³-hybridized carbons (Fsp3) is 0.172. The number of aromatic nitrogens is 2. The number of anilines is 4. The molecular formula is C64H58N4O2. The zero-order valence-corrected chi connectivity index (χ0v) is 40.2. The molecule has 0 saturated heterocycles. The molecule has 10 aromatic rings. The maximum absolute atomic E-state index is 9.14. The predicted molar refractivity (Wildman–Crippen MR) is 291 cm³/mol. The lowest BCUT2D eigenvalue weighted by molar-refractivity contribution is 0.479. The standard InChI is InChI=1S/C64H58N4O2/c1-42(2)46-33-47(43(3)4)35-52(34-46)70-51-31-32-65-62(40-51)68-58-26-15-14-23-56(58)57-30-29-50(39-61(57)68)69-53-37-48(64(5,6)7)36-49(38-53)66-41-67(60-28-17-16-27-59(60)66)63-54(44-19-10-8-11-20-44)24-18-25-55(63)45-21-12-9-13-22-45/h8-40,42-43H,41H2,1-7H3/i8D,9D,10D,11D,12D,13D,19D,20D,21D,22D. The minimum atomic E-state index is -0.555. The molecule has 0 radical (unpaired) electrons. The molecule has 1 aliphatic rings. The van der Waals surface area contributed by atoms with Crippen LogP contribution in [0.3, 0.4) is 0 Å². The number of ether oxygens (including phenoxy) is 2. The molecule has 70 heavy (non-hydrogen) atoms. The van der Waals surface area contributed by atoms with Gasteiger partial charge in [-0.25, -0.2) is 4.98 Å². The summed E-state index contributed by atoms with van der Waals surface area (Å²) < 4.78 is 104. The van der Waals surface area contributed by atoms with Crippen molar-refractivity contribution in [3.63, 3.8) is 0 Å². The number of pyridine rings is 1. The van der Waals surface area contributed by atoms with Gasteiger partial charge in [0.1, 0.15) is 35.5 Å². The van der Waals surface area contributed by atoms with E-state index in [9.17, 15) is 0 Å². The molecule has 1 aliphatic heterocycles. The summed E-state index contributed by atoms with van der Waals surface area (Å²) in [6, 6.07) is 38.2. The van der Waals surface area contributed by atoms with Crippen LogP contribution >= 0.6 is 0 Å². The molecule has 0 amide bonds. The van der Waals surface area contributed by atoms with Crippen LogP contribution in [0.25, 0.3) is 49.9 Å². The van der Waals surface area contributed by atoms with Gasteiger partial charge in [0.05, 0.1) is 41.8 Å². The van der Waals surface area contributed by atoms with E-state index in [0.29, 0.717) is 46.3 Å². The second-order valence-electron chi connectivity index (χ2n) is 19.4. The van der Waals surface area contributed by atoms with E-state index in [-0.39, 0.29) is 34.3 Å². The highest BCUT2D eigenvalue weighted by Crippen LogP contribution is 2.51. The molecule has 0 spiro atoms. The first-order valence-corrected chi connectivity index (χ1v) is 23.7. The maximum atomic E-state index is 9.14. The first kappa shape index (κ1) is 34.2. The van der Waals surface area contributed by atoms with Crippen molar-refractivity contribution in [1.29, 1.82) is 0 Å². The van der Waals surface area contributed by atoms with Crippen LogP contribution in [0.5, 0.6) is 23.0 Å². The number of fused-ring (bicyclic) bond motifs is 4. The molecule has 6 nitrogen and oxygen atoms in total. The Kier molecular flexibility index (Phi) is 8.85. The summed E-state index contributed by atoms with van der Waals surface area (Å²) in [5, 5.41) is 2.06. The van der Waals surface area contributed by atoms with Crippen LogP contribution < -0.4 is 19.3 Å². The number of hydrogen-bond acceptors (Lipinski definition) is 5. The van der Waals surface area contributed by atoms with Crippen molar-refractivity contribution in [2.75, 3.05) is 16.5 Å². The van der Waals surface area contributed by atoms with Crippen LogP contribution in [-0.2, 0) is 5.41 Å². The van der Waals surface area contributed by atoms with Gasteiger partial charge >= 0.3 is 0 Å². The molecule has 6 heteroatoms. The molecule has 0 unspecified atom stereocenters. The molecule has 0 aliphatic carbocycles. The Morgan fingerprint density at radius 1 is 0.529 bits per heavy atom. The van der Waals surface area contributed by atoms with Crippen molar-refractivity contribution < 1.29 is 23.2 Å². The average molecular weight is 925 g/mol. The number of nitrogens with zero attached hydrogens (tertiary/aromatic N) is 4. The van der Waals surface area contributed by atoms with Gasteiger partial charge in [-0.05, 0) is 106 Å². The van der Waals surface area contributed by atoms with Gasteiger partial charge < -0.3 is 19.3 Å². The lowest BCUT2D eigenvalue weighted by atomic mass is 9.86. The zero-order chi connectivity index (χ0) is 56.8. The Morgan fingerprint density at radius 2 is 1.11 bits per heavy atom. The normalized spacial score (nSPS) is 14.6. The molecule has 11 rings (SSSR count). The average Bonchev–Trinajstić information content (AvgIpc) is 3.99. The first-order valence-electron chi connectivity index (χ1n) is 28.7. The topological polar surface area (TPSA) is 42.8 Å². The third kappa shape index (κ3) is 8.44. The summed E-state index contributed by atoms with van der Waals surface area (Å²) in [6.07, 6.45) is 1.77. The molecule has 0 saturated carbocycles. The number of rotatable bonds is 11. The molecule has 0 N–H and O–H groups in total. The molecule has 0 fully saturated rings. The van der Waals surface area contributed by atoms with Gasteiger partial charge in [-0.2, -0.15) is 0 Å². The van der Waals surface area contributed by atoms with E-state index in [1.54, 1.807) is 24.4 Å². The predicted octanol–water partition coefficient (Wildman–Crippen LogP) is 17.9. The number of benzene rings is 8. The lowest BCUT2D eigenvalue weighted by Crippen LogP contribution is -2.25.